The average molecular weight is 551 g/mol. The van der Waals surface area contributed by atoms with Gasteiger partial charge in [0.25, 0.3) is 0 Å². The maximum Gasteiger partial charge on any atom is 0.320 e. The Balaban J connectivity index is 1.17. The molecule has 0 saturated carbocycles. The lowest BCUT2D eigenvalue weighted by molar-refractivity contribution is -0.127. The highest BCUT2D eigenvalue weighted by Crippen LogP contribution is 2.41. The molecule has 212 valence electrons. The maximum atomic E-state index is 12.4. The van der Waals surface area contributed by atoms with Crippen molar-refractivity contribution in [2.24, 2.45) is 0 Å². The fraction of sp³-hybridized carbons (Fsp3) is 0.515. The van der Waals surface area contributed by atoms with Crippen molar-refractivity contribution in [3.8, 4) is 17.3 Å². The molecule has 1 amide bonds. The van der Waals surface area contributed by atoms with Gasteiger partial charge < -0.3 is 14.5 Å². The normalized spacial score (nSPS) is 24.6. The van der Waals surface area contributed by atoms with Crippen molar-refractivity contribution in [3.05, 3.63) is 54.1 Å². The van der Waals surface area contributed by atoms with Gasteiger partial charge in [-0.1, -0.05) is 24.8 Å². The summed E-state index contributed by atoms with van der Waals surface area (Å²) in [5, 5.41) is 0.944. The number of nitrogens with zero attached hydrogens (tertiary/aromatic N) is 6. The molecular weight excluding hydrogens is 512 g/mol. The average Bonchev–Trinajstić information content (AvgIpc) is 3.67. The minimum Gasteiger partial charge on any atom is -0.461 e. The number of hydrogen-bond donors (Lipinski definition) is 0. The zero-order valence-corrected chi connectivity index (χ0v) is 23.7. The van der Waals surface area contributed by atoms with Crippen LogP contribution in [0.15, 0.2) is 43.0 Å². The molecule has 0 spiro atoms. The molecule has 6 heterocycles. The Morgan fingerprint density at radius 2 is 1.85 bits per heavy atom. The van der Waals surface area contributed by atoms with Crippen LogP contribution in [0.25, 0.3) is 22.3 Å². The number of amides is 1. The topological polar surface area (TPSA) is 74.7 Å². The van der Waals surface area contributed by atoms with Gasteiger partial charge >= 0.3 is 6.01 Å². The summed E-state index contributed by atoms with van der Waals surface area (Å²) in [6.45, 7) is 8.15. The Morgan fingerprint density at radius 3 is 2.71 bits per heavy atom. The van der Waals surface area contributed by atoms with E-state index in [1.54, 1.807) is 0 Å². The van der Waals surface area contributed by atoms with E-state index < -0.39 is 0 Å². The zero-order chi connectivity index (χ0) is 27.6. The van der Waals surface area contributed by atoms with Crippen molar-refractivity contribution in [2.75, 3.05) is 37.7 Å². The predicted octanol–water partition coefficient (Wildman–Crippen LogP) is 4.55. The Labute approximate surface area is 241 Å². The second-order valence-electron chi connectivity index (χ2n) is 12.6. The first kappa shape index (κ1) is 25.2. The number of benzene rings is 1. The summed E-state index contributed by atoms with van der Waals surface area (Å²) in [6.07, 6.45) is 11.9. The van der Waals surface area contributed by atoms with Crippen molar-refractivity contribution in [1.82, 2.24) is 24.8 Å². The summed E-state index contributed by atoms with van der Waals surface area (Å²) >= 11 is 0. The molecule has 4 saturated heterocycles. The van der Waals surface area contributed by atoms with E-state index in [0.717, 1.165) is 62.3 Å². The molecule has 2 atom stereocenters. The molecule has 8 nitrogen and oxygen atoms in total. The molecule has 5 aliphatic rings. The molecule has 3 aromatic rings. The molecule has 0 bridgehead atoms. The standard InChI is InChI=1S/C33H38N6O2/c1-2-29(40)38-19-14-27-28(38)20-39(27)31-25-12-13-26(24-11-5-9-22-8-3-4-10-23(22)24)34-30(25)35-32(36-31)41-21-33-15-6-17-37(33)18-7-16-33/h2,5,9,11-13,27-28H,1,3-4,6-8,10,14-21H2/t27-,28-/m1/s1. The van der Waals surface area contributed by atoms with Crippen LogP contribution in [-0.2, 0) is 17.6 Å². The van der Waals surface area contributed by atoms with Gasteiger partial charge in [-0.3, -0.25) is 9.69 Å². The van der Waals surface area contributed by atoms with E-state index in [1.807, 2.05) is 4.90 Å². The molecule has 1 aromatic carbocycles. The summed E-state index contributed by atoms with van der Waals surface area (Å²) in [7, 11) is 0. The lowest BCUT2D eigenvalue weighted by atomic mass is 9.87. The van der Waals surface area contributed by atoms with Crippen LogP contribution in [0, 0.1) is 0 Å². The number of rotatable bonds is 6. The molecule has 0 unspecified atom stereocenters. The van der Waals surface area contributed by atoms with Gasteiger partial charge in [0.05, 0.1) is 28.7 Å². The van der Waals surface area contributed by atoms with Crippen LogP contribution < -0.4 is 9.64 Å². The number of aryl methyl sites for hydroxylation is 1. The molecule has 8 rings (SSSR count). The molecule has 1 aliphatic carbocycles. The second-order valence-corrected chi connectivity index (χ2v) is 12.6. The van der Waals surface area contributed by atoms with Gasteiger partial charge in [-0.15, -0.1) is 0 Å². The minimum absolute atomic E-state index is 0.0168. The van der Waals surface area contributed by atoms with E-state index in [2.05, 4.69) is 46.7 Å². The van der Waals surface area contributed by atoms with Crippen LogP contribution in [0.4, 0.5) is 5.82 Å². The van der Waals surface area contributed by atoms with Gasteiger partial charge in [-0.25, -0.2) is 4.98 Å². The van der Waals surface area contributed by atoms with Crippen molar-refractivity contribution in [1.29, 1.82) is 0 Å². The second kappa shape index (κ2) is 9.79. The van der Waals surface area contributed by atoms with Crippen LogP contribution in [-0.4, -0.2) is 81.1 Å². The minimum atomic E-state index is 0.0168. The van der Waals surface area contributed by atoms with Gasteiger partial charge in [0.1, 0.15) is 12.4 Å². The van der Waals surface area contributed by atoms with E-state index in [1.165, 1.54) is 61.3 Å². The van der Waals surface area contributed by atoms with E-state index in [-0.39, 0.29) is 23.5 Å². The lowest BCUT2D eigenvalue weighted by Crippen LogP contribution is -2.63. The summed E-state index contributed by atoms with van der Waals surface area (Å²) in [4.78, 5) is 34.4. The maximum absolute atomic E-state index is 12.4. The van der Waals surface area contributed by atoms with Crippen LogP contribution in [0.5, 0.6) is 6.01 Å². The molecule has 0 N–H and O–H groups in total. The Kier molecular flexibility index (Phi) is 6.02. The Morgan fingerprint density at radius 1 is 1.00 bits per heavy atom. The van der Waals surface area contributed by atoms with E-state index in [0.29, 0.717) is 18.3 Å². The lowest BCUT2D eigenvalue weighted by Gasteiger charge is -2.47. The quantitative estimate of drug-likeness (QED) is 0.417. The fourth-order valence-corrected chi connectivity index (χ4v) is 8.34. The number of pyridine rings is 1. The van der Waals surface area contributed by atoms with Gasteiger partial charge in [0.15, 0.2) is 5.65 Å². The van der Waals surface area contributed by atoms with Crippen molar-refractivity contribution in [3.63, 3.8) is 0 Å². The molecule has 0 radical (unpaired) electrons. The number of carbonyl (C=O) groups is 1. The number of carbonyl (C=O) groups excluding carboxylic acids is 1. The number of ether oxygens (including phenoxy) is 1. The van der Waals surface area contributed by atoms with E-state index in [9.17, 15) is 4.79 Å². The smallest absolute Gasteiger partial charge is 0.320 e. The number of anilines is 1. The number of hydrogen-bond acceptors (Lipinski definition) is 7. The van der Waals surface area contributed by atoms with Crippen LogP contribution in [0.3, 0.4) is 0 Å². The van der Waals surface area contributed by atoms with Crippen LogP contribution >= 0.6 is 0 Å². The van der Waals surface area contributed by atoms with E-state index in [4.69, 9.17) is 19.7 Å². The highest BCUT2D eigenvalue weighted by atomic mass is 16.5. The van der Waals surface area contributed by atoms with Gasteiger partial charge in [-0.2, -0.15) is 9.97 Å². The van der Waals surface area contributed by atoms with E-state index >= 15 is 0 Å². The summed E-state index contributed by atoms with van der Waals surface area (Å²) in [5.74, 6) is 0.892. The first-order chi connectivity index (χ1) is 20.1. The fourth-order valence-electron chi connectivity index (χ4n) is 8.34. The Bertz CT molecular complexity index is 1530. The molecule has 4 aliphatic heterocycles. The monoisotopic (exact) mass is 550 g/mol. The predicted molar refractivity (Wildman–Crippen MR) is 159 cm³/mol. The molecule has 41 heavy (non-hydrogen) atoms. The summed E-state index contributed by atoms with van der Waals surface area (Å²) in [5.41, 5.74) is 5.87. The van der Waals surface area contributed by atoms with Crippen LogP contribution in [0.1, 0.15) is 56.1 Å². The molecule has 8 heteroatoms. The third-order valence-electron chi connectivity index (χ3n) is 10.5. The van der Waals surface area contributed by atoms with Crippen molar-refractivity contribution in [2.45, 2.75) is 75.4 Å². The molecular formula is C33H38N6O2. The van der Waals surface area contributed by atoms with Gasteiger partial charge in [-0.05, 0) is 100 Å². The molecule has 4 fully saturated rings. The highest BCUT2D eigenvalue weighted by Gasteiger charge is 2.49. The zero-order valence-electron chi connectivity index (χ0n) is 23.7. The van der Waals surface area contributed by atoms with Gasteiger partial charge in [0, 0.05) is 18.7 Å². The van der Waals surface area contributed by atoms with Crippen LogP contribution in [0.2, 0.25) is 0 Å². The Hall–Kier alpha value is -3.52. The largest absolute Gasteiger partial charge is 0.461 e. The number of aromatic nitrogens is 3. The van der Waals surface area contributed by atoms with Crippen molar-refractivity contribution < 1.29 is 9.53 Å². The SMILES string of the molecule is C=CC(=O)N1CC[C@@H]2[C@H]1CN2c1nc(OCC23CCCN2CCC3)nc2nc(-c3cccc4c3CCCC4)ccc12. The molecule has 2 aromatic heterocycles. The summed E-state index contributed by atoms with van der Waals surface area (Å²) in [6, 6.07) is 11.8. The number of likely N-dealkylation sites (tertiary alicyclic amines) is 1. The van der Waals surface area contributed by atoms with Gasteiger partial charge in [0.2, 0.25) is 5.91 Å². The third-order valence-corrected chi connectivity index (χ3v) is 10.5. The van der Waals surface area contributed by atoms with Crippen molar-refractivity contribution >= 4 is 22.8 Å². The number of fused-ring (bicyclic) bond motifs is 4. The first-order valence-electron chi connectivity index (χ1n) is 15.5. The third kappa shape index (κ3) is 4.05. The first-order valence-corrected chi connectivity index (χ1v) is 15.5. The highest BCUT2D eigenvalue weighted by molar-refractivity contribution is 5.91. The summed E-state index contributed by atoms with van der Waals surface area (Å²) < 4.78 is 6.48.